The van der Waals surface area contributed by atoms with Gasteiger partial charge in [0, 0.05) is 32.8 Å². The zero-order valence-electron chi connectivity index (χ0n) is 15.8. The fraction of sp³-hybridized carbons (Fsp3) is 0.455. The molecule has 0 amide bonds. The Balaban J connectivity index is 1.52. The maximum Gasteiger partial charge on any atom is 0.123 e. The number of nitrogens with zero attached hydrogens (tertiary/aromatic N) is 2. The first kappa shape index (κ1) is 19.0. The third-order valence-electron chi connectivity index (χ3n) is 5.38. The summed E-state index contributed by atoms with van der Waals surface area (Å²) >= 11 is 0. The van der Waals surface area contributed by atoms with Crippen LogP contribution in [0.25, 0.3) is 0 Å². The van der Waals surface area contributed by atoms with Crippen LogP contribution in [0, 0.1) is 5.82 Å². The van der Waals surface area contributed by atoms with E-state index < -0.39 is 0 Å². The highest BCUT2D eigenvalue weighted by molar-refractivity contribution is 5.16. The highest BCUT2D eigenvalue weighted by Gasteiger charge is 2.31. The average Bonchev–Trinajstić information content (AvgIpc) is 2.68. The molecule has 140 valence electrons. The number of halogens is 1. The van der Waals surface area contributed by atoms with E-state index in [-0.39, 0.29) is 11.9 Å². The van der Waals surface area contributed by atoms with E-state index >= 15 is 0 Å². The van der Waals surface area contributed by atoms with Crippen molar-refractivity contribution in [1.29, 1.82) is 0 Å². The Morgan fingerprint density at radius 2 is 1.81 bits per heavy atom. The maximum atomic E-state index is 13.0. The highest BCUT2D eigenvalue weighted by atomic mass is 19.1. The molecule has 3 nitrogen and oxygen atoms in total. The van der Waals surface area contributed by atoms with Gasteiger partial charge in [0.25, 0.3) is 0 Å². The van der Waals surface area contributed by atoms with Crippen molar-refractivity contribution in [3.05, 3.63) is 71.5 Å². The molecule has 2 aromatic carbocycles. The monoisotopic (exact) mass is 356 g/mol. The molecule has 0 spiro atoms. The molecular weight excluding hydrogens is 327 g/mol. The fourth-order valence-electron chi connectivity index (χ4n) is 3.83. The maximum absolute atomic E-state index is 13.0. The summed E-state index contributed by atoms with van der Waals surface area (Å²) in [6.45, 7) is 3.95. The van der Waals surface area contributed by atoms with Gasteiger partial charge in [0.2, 0.25) is 0 Å². The third-order valence-corrected chi connectivity index (χ3v) is 5.38. The number of hydrogen-bond donors (Lipinski definition) is 0. The van der Waals surface area contributed by atoms with Crippen LogP contribution >= 0.6 is 0 Å². The van der Waals surface area contributed by atoms with E-state index in [1.807, 2.05) is 19.2 Å². The minimum Gasteiger partial charge on any atom is -0.378 e. The Hall–Kier alpha value is -1.75. The van der Waals surface area contributed by atoms with Crippen molar-refractivity contribution < 1.29 is 9.13 Å². The summed E-state index contributed by atoms with van der Waals surface area (Å²) < 4.78 is 18.8. The lowest BCUT2D eigenvalue weighted by Crippen LogP contribution is -2.53. The van der Waals surface area contributed by atoms with Gasteiger partial charge in [-0.2, -0.15) is 0 Å². The number of benzene rings is 2. The van der Waals surface area contributed by atoms with Gasteiger partial charge in [0.15, 0.2) is 0 Å². The topological polar surface area (TPSA) is 15.7 Å². The largest absolute Gasteiger partial charge is 0.378 e. The molecule has 2 unspecified atom stereocenters. The molecule has 0 aromatic heterocycles. The van der Waals surface area contributed by atoms with Crippen molar-refractivity contribution in [2.75, 3.05) is 33.8 Å². The molecule has 2 aromatic rings. The van der Waals surface area contributed by atoms with E-state index in [9.17, 15) is 4.39 Å². The molecule has 2 atom stereocenters. The number of hydrogen-bond acceptors (Lipinski definition) is 3. The molecule has 1 heterocycles. The predicted molar refractivity (Wildman–Crippen MR) is 104 cm³/mol. The molecule has 1 fully saturated rings. The second-order valence-corrected chi connectivity index (χ2v) is 7.21. The Morgan fingerprint density at radius 3 is 2.50 bits per heavy atom. The van der Waals surface area contributed by atoms with Crippen LogP contribution in [0.1, 0.15) is 17.5 Å². The zero-order chi connectivity index (χ0) is 18.4. The van der Waals surface area contributed by atoms with Gasteiger partial charge in [-0.1, -0.05) is 42.5 Å². The summed E-state index contributed by atoms with van der Waals surface area (Å²) in [5, 5.41) is 0. The number of likely N-dealkylation sites (tertiary alicyclic amines) is 1. The quantitative estimate of drug-likeness (QED) is 0.754. The number of methoxy groups -OCH3 is 1. The standard InChI is InChI=1S/C22H29FN2O/c1-24(16-19-6-4-3-5-7-19)21-13-15-25(17-22(21)26-2)14-12-18-8-10-20(23)11-9-18/h3-11,21-22H,12-17H2,1-2H3. The number of likely N-dealkylation sites (N-methyl/N-ethyl adjacent to an activating group) is 1. The summed E-state index contributed by atoms with van der Waals surface area (Å²) in [5.41, 5.74) is 2.52. The molecule has 1 aliphatic heterocycles. The molecule has 0 bridgehead atoms. The van der Waals surface area contributed by atoms with E-state index in [1.54, 1.807) is 0 Å². The fourth-order valence-corrected chi connectivity index (χ4v) is 3.83. The molecule has 0 N–H and O–H groups in total. The molecule has 0 aliphatic carbocycles. The lowest BCUT2D eigenvalue weighted by atomic mass is 9.99. The summed E-state index contributed by atoms with van der Waals surface area (Å²) in [4.78, 5) is 4.88. The minimum atomic E-state index is -0.171. The number of rotatable bonds is 7. The Morgan fingerprint density at radius 1 is 1.08 bits per heavy atom. The zero-order valence-corrected chi connectivity index (χ0v) is 15.8. The van der Waals surface area contributed by atoms with E-state index in [1.165, 1.54) is 23.3 Å². The smallest absolute Gasteiger partial charge is 0.123 e. The van der Waals surface area contributed by atoms with Crippen LogP contribution in [0.5, 0.6) is 0 Å². The van der Waals surface area contributed by atoms with E-state index in [0.29, 0.717) is 6.04 Å². The van der Waals surface area contributed by atoms with Crippen molar-refractivity contribution >= 4 is 0 Å². The van der Waals surface area contributed by atoms with Crippen LogP contribution in [0.15, 0.2) is 54.6 Å². The second kappa shape index (κ2) is 9.26. The lowest BCUT2D eigenvalue weighted by Gasteiger charge is -2.42. The SMILES string of the molecule is COC1CN(CCc2ccc(F)cc2)CCC1N(C)Cc1ccccc1. The molecule has 1 aliphatic rings. The average molecular weight is 356 g/mol. The summed E-state index contributed by atoms with van der Waals surface area (Å²) in [5.74, 6) is -0.171. The van der Waals surface area contributed by atoms with Gasteiger partial charge in [-0.15, -0.1) is 0 Å². The van der Waals surface area contributed by atoms with Crippen LogP contribution in [-0.4, -0.2) is 55.7 Å². The van der Waals surface area contributed by atoms with Crippen molar-refractivity contribution in [2.24, 2.45) is 0 Å². The van der Waals surface area contributed by atoms with Crippen LogP contribution in [0.3, 0.4) is 0 Å². The van der Waals surface area contributed by atoms with Crippen LogP contribution < -0.4 is 0 Å². The molecule has 1 saturated heterocycles. The Kier molecular flexibility index (Phi) is 6.78. The van der Waals surface area contributed by atoms with E-state index in [4.69, 9.17) is 4.74 Å². The molecule has 3 rings (SSSR count). The summed E-state index contributed by atoms with van der Waals surface area (Å²) in [7, 11) is 4.01. The molecule has 26 heavy (non-hydrogen) atoms. The van der Waals surface area contributed by atoms with Gasteiger partial charge in [0.05, 0.1) is 6.10 Å². The molecule has 0 saturated carbocycles. The number of piperidine rings is 1. The summed E-state index contributed by atoms with van der Waals surface area (Å²) in [6, 6.07) is 17.9. The van der Waals surface area contributed by atoms with Gasteiger partial charge in [-0.05, 0) is 49.7 Å². The molecular formula is C22H29FN2O. The van der Waals surface area contributed by atoms with Gasteiger partial charge < -0.3 is 9.64 Å². The van der Waals surface area contributed by atoms with E-state index in [2.05, 4.69) is 47.2 Å². The van der Waals surface area contributed by atoms with Crippen molar-refractivity contribution in [3.8, 4) is 0 Å². The Labute approximate surface area is 156 Å². The first-order valence-corrected chi connectivity index (χ1v) is 9.39. The van der Waals surface area contributed by atoms with Crippen molar-refractivity contribution in [2.45, 2.75) is 31.5 Å². The normalized spacial score (nSPS) is 21.2. The second-order valence-electron chi connectivity index (χ2n) is 7.21. The first-order chi connectivity index (χ1) is 12.7. The predicted octanol–water partition coefficient (Wildman–Crippen LogP) is 3.59. The van der Waals surface area contributed by atoms with Gasteiger partial charge in [0.1, 0.15) is 5.82 Å². The number of ether oxygens (including phenoxy) is 1. The first-order valence-electron chi connectivity index (χ1n) is 9.39. The van der Waals surface area contributed by atoms with Crippen LogP contribution in [0.2, 0.25) is 0 Å². The minimum absolute atomic E-state index is 0.171. The molecule has 0 radical (unpaired) electrons. The Bertz CT molecular complexity index is 662. The third kappa shape index (κ3) is 5.13. The van der Waals surface area contributed by atoms with Crippen LogP contribution in [-0.2, 0) is 17.7 Å². The van der Waals surface area contributed by atoms with Crippen molar-refractivity contribution in [3.63, 3.8) is 0 Å². The van der Waals surface area contributed by atoms with Gasteiger partial charge in [-0.3, -0.25) is 4.90 Å². The molecule has 4 heteroatoms. The van der Waals surface area contributed by atoms with E-state index in [0.717, 1.165) is 39.0 Å². The van der Waals surface area contributed by atoms with Gasteiger partial charge >= 0.3 is 0 Å². The lowest BCUT2D eigenvalue weighted by molar-refractivity contribution is -0.0326. The van der Waals surface area contributed by atoms with Crippen LogP contribution in [0.4, 0.5) is 4.39 Å². The van der Waals surface area contributed by atoms with Gasteiger partial charge in [-0.25, -0.2) is 4.39 Å². The summed E-state index contributed by atoms with van der Waals surface area (Å²) in [6.07, 6.45) is 2.26. The highest BCUT2D eigenvalue weighted by Crippen LogP contribution is 2.20. The van der Waals surface area contributed by atoms with Crippen molar-refractivity contribution in [1.82, 2.24) is 9.80 Å².